The molecule has 0 atom stereocenters. The van der Waals surface area contributed by atoms with Crippen LogP contribution in [0.25, 0.3) is 0 Å². The lowest BCUT2D eigenvalue weighted by Gasteiger charge is -2.10. The van der Waals surface area contributed by atoms with Crippen LogP contribution in [0, 0.1) is 0 Å². The molecule has 0 aromatic carbocycles. The molecule has 1 heterocycles. The first-order chi connectivity index (χ1) is 11.4. The highest BCUT2D eigenvalue weighted by atomic mass is 32.1. The van der Waals surface area contributed by atoms with E-state index in [0.717, 1.165) is 29.6 Å². The number of aliphatic imine (C=N–C) groups is 1. The second kappa shape index (κ2) is 8.32. The number of hydrogen-bond donors (Lipinski definition) is 3. The molecule has 6 nitrogen and oxygen atoms in total. The topological polar surface area (TPSA) is 78.4 Å². The Hall–Kier alpha value is -1.84. The Labute approximate surface area is 142 Å². The smallest absolute Gasteiger partial charge is 0.356 e. The zero-order valence-corrected chi connectivity index (χ0v) is 14.1. The SMILES string of the molecule is CN=C(NCCCC(=O)NC1CC1)NCc1nc(C(F)(F)F)cs1. The molecule has 1 aliphatic carbocycles. The van der Waals surface area contributed by atoms with Crippen molar-refractivity contribution >= 4 is 23.2 Å². The number of nitrogens with zero attached hydrogens (tertiary/aromatic N) is 2. The van der Waals surface area contributed by atoms with Crippen molar-refractivity contribution < 1.29 is 18.0 Å². The van der Waals surface area contributed by atoms with Gasteiger partial charge in [-0.05, 0) is 19.3 Å². The number of rotatable bonds is 7. The average Bonchev–Trinajstić information content (AvgIpc) is 3.18. The standard InChI is InChI=1S/C14H20F3N5OS/c1-18-13(19-6-2-3-11(23)21-9-4-5-9)20-7-12-22-10(8-24-12)14(15,16)17/h8-9H,2-7H2,1H3,(H,21,23)(H2,18,19,20). The van der Waals surface area contributed by atoms with Crippen molar-refractivity contribution in [2.24, 2.45) is 4.99 Å². The number of thiazole rings is 1. The normalized spacial score (nSPS) is 15.2. The number of amides is 1. The highest BCUT2D eigenvalue weighted by molar-refractivity contribution is 7.09. The van der Waals surface area contributed by atoms with E-state index < -0.39 is 11.9 Å². The maximum absolute atomic E-state index is 12.5. The lowest BCUT2D eigenvalue weighted by atomic mass is 10.3. The molecule has 10 heteroatoms. The van der Waals surface area contributed by atoms with Crippen LogP contribution in [0.5, 0.6) is 0 Å². The fourth-order valence-corrected chi connectivity index (χ4v) is 2.63. The zero-order chi connectivity index (χ0) is 17.6. The van der Waals surface area contributed by atoms with Crippen molar-refractivity contribution in [2.45, 2.75) is 44.4 Å². The van der Waals surface area contributed by atoms with Crippen LogP contribution in [-0.4, -0.2) is 36.5 Å². The fourth-order valence-electron chi connectivity index (χ4n) is 1.89. The Kier molecular flexibility index (Phi) is 6.41. The van der Waals surface area contributed by atoms with Gasteiger partial charge in [0.1, 0.15) is 5.01 Å². The molecule has 24 heavy (non-hydrogen) atoms. The third-order valence-corrected chi connectivity index (χ3v) is 4.14. The van der Waals surface area contributed by atoms with Crippen molar-refractivity contribution in [3.63, 3.8) is 0 Å². The molecular weight excluding hydrogens is 343 g/mol. The van der Waals surface area contributed by atoms with E-state index in [2.05, 4.69) is 25.9 Å². The van der Waals surface area contributed by atoms with Crippen LogP contribution in [-0.2, 0) is 17.5 Å². The summed E-state index contributed by atoms with van der Waals surface area (Å²) >= 11 is 0.943. The minimum Gasteiger partial charge on any atom is -0.356 e. The van der Waals surface area contributed by atoms with Crippen LogP contribution in [0.3, 0.4) is 0 Å². The zero-order valence-electron chi connectivity index (χ0n) is 13.2. The second-order valence-electron chi connectivity index (χ2n) is 5.42. The van der Waals surface area contributed by atoms with Gasteiger partial charge in [0, 0.05) is 31.4 Å². The third kappa shape index (κ3) is 6.34. The first kappa shape index (κ1) is 18.5. The van der Waals surface area contributed by atoms with E-state index in [0.29, 0.717) is 36.4 Å². The van der Waals surface area contributed by atoms with Gasteiger partial charge in [0.05, 0.1) is 6.54 Å². The van der Waals surface area contributed by atoms with Gasteiger partial charge in [-0.1, -0.05) is 0 Å². The van der Waals surface area contributed by atoms with Crippen LogP contribution in [0.1, 0.15) is 36.4 Å². The van der Waals surface area contributed by atoms with E-state index in [4.69, 9.17) is 0 Å². The molecule has 0 aliphatic heterocycles. The molecule has 1 aromatic heterocycles. The van der Waals surface area contributed by atoms with E-state index in [-0.39, 0.29) is 12.5 Å². The molecule has 0 radical (unpaired) electrons. The van der Waals surface area contributed by atoms with Crippen LogP contribution in [0.4, 0.5) is 13.2 Å². The number of carbonyl (C=O) groups excluding carboxylic acids is 1. The molecule has 0 saturated heterocycles. The van der Waals surface area contributed by atoms with Crippen LogP contribution >= 0.6 is 11.3 Å². The van der Waals surface area contributed by atoms with E-state index in [9.17, 15) is 18.0 Å². The number of halogens is 3. The minimum atomic E-state index is -4.42. The molecule has 2 rings (SSSR count). The lowest BCUT2D eigenvalue weighted by Crippen LogP contribution is -2.37. The predicted octanol–water partition coefficient (Wildman–Crippen LogP) is 1.89. The van der Waals surface area contributed by atoms with Gasteiger partial charge in [-0.3, -0.25) is 9.79 Å². The van der Waals surface area contributed by atoms with E-state index >= 15 is 0 Å². The summed E-state index contributed by atoms with van der Waals surface area (Å²) < 4.78 is 37.4. The molecule has 1 amide bonds. The monoisotopic (exact) mass is 363 g/mol. The van der Waals surface area contributed by atoms with E-state index in [1.807, 2.05) is 0 Å². The van der Waals surface area contributed by atoms with Crippen molar-refractivity contribution in [1.29, 1.82) is 0 Å². The molecule has 1 fully saturated rings. The van der Waals surface area contributed by atoms with Crippen molar-refractivity contribution in [3.8, 4) is 0 Å². The van der Waals surface area contributed by atoms with Crippen LogP contribution < -0.4 is 16.0 Å². The van der Waals surface area contributed by atoms with Crippen LogP contribution in [0.2, 0.25) is 0 Å². The number of guanidine groups is 1. The number of aromatic nitrogens is 1. The van der Waals surface area contributed by atoms with Gasteiger partial charge >= 0.3 is 6.18 Å². The highest BCUT2D eigenvalue weighted by Gasteiger charge is 2.33. The van der Waals surface area contributed by atoms with E-state index in [1.165, 1.54) is 0 Å². The van der Waals surface area contributed by atoms with Crippen molar-refractivity contribution in [3.05, 3.63) is 16.1 Å². The first-order valence-electron chi connectivity index (χ1n) is 7.64. The van der Waals surface area contributed by atoms with Gasteiger partial charge in [0.2, 0.25) is 5.91 Å². The molecule has 0 spiro atoms. The molecule has 0 bridgehead atoms. The van der Waals surface area contributed by atoms with Gasteiger partial charge in [-0.2, -0.15) is 13.2 Å². The third-order valence-electron chi connectivity index (χ3n) is 3.29. The summed E-state index contributed by atoms with van der Waals surface area (Å²) in [5.74, 6) is 0.506. The molecule has 1 aromatic rings. The highest BCUT2D eigenvalue weighted by Crippen LogP contribution is 2.29. The Morgan fingerprint density at radius 1 is 1.42 bits per heavy atom. The Morgan fingerprint density at radius 3 is 2.75 bits per heavy atom. The number of alkyl halides is 3. The lowest BCUT2D eigenvalue weighted by molar-refractivity contribution is -0.140. The molecule has 1 aliphatic rings. The Balaban J connectivity index is 1.64. The summed E-state index contributed by atoms with van der Waals surface area (Å²) in [5, 5.41) is 10.1. The summed E-state index contributed by atoms with van der Waals surface area (Å²) in [6.45, 7) is 0.700. The maximum Gasteiger partial charge on any atom is 0.434 e. The molecule has 134 valence electrons. The largest absolute Gasteiger partial charge is 0.434 e. The molecular formula is C14H20F3N5OS. The predicted molar refractivity (Wildman–Crippen MR) is 85.7 cm³/mol. The van der Waals surface area contributed by atoms with Crippen molar-refractivity contribution in [2.75, 3.05) is 13.6 Å². The van der Waals surface area contributed by atoms with Gasteiger partial charge in [0.15, 0.2) is 11.7 Å². The van der Waals surface area contributed by atoms with Gasteiger partial charge < -0.3 is 16.0 Å². The molecule has 3 N–H and O–H groups in total. The number of hydrogen-bond acceptors (Lipinski definition) is 4. The Bertz CT molecular complexity index is 583. The quantitative estimate of drug-likeness (QED) is 0.393. The molecule has 1 saturated carbocycles. The minimum absolute atomic E-state index is 0.0460. The van der Waals surface area contributed by atoms with Crippen molar-refractivity contribution in [1.82, 2.24) is 20.9 Å². The maximum atomic E-state index is 12.5. The number of carbonyl (C=O) groups is 1. The first-order valence-corrected chi connectivity index (χ1v) is 8.52. The average molecular weight is 363 g/mol. The summed E-state index contributed by atoms with van der Waals surface area (Å²) in [6.07, 6.45) is -1.22. The summed E-state index contributed by atoms with van der Waals surface area (Å²) in [4.78, 5) is 19.0. The second-order valence-corrected chi connectivity index (χ2v) is 6.36. The Morgan fingerprint density at radius 2 is 2.17 bits per heavy atom. The molecule has 0 unspecified atom stereocenters. The fraction of sp³-hybridized carbons (Fsp3) is 0.643. The van der Waals surface area contributed by atoms with E-state index in [1.54, 1.807) is 7.05 Å². The van der Waals surface area contributed by atoms with Crippen LogP contribution in [0.15, 0.2) is 10.4 Å². The number of nitrogens with one attached hydrogen (secondary N) is 3. The van der Waals surface area contributed by atoms with Gasteiger partial charge in [0.25, 0.3) is 0 Å². The summed E-state index contributed by atoms with van der Waals surface area (Å²) in [5.41, 5.74) is -0.881. The summed E-state index contributed by atoms with van der Waals surface area (Å²) in [6, 6.07) is 0.361. The van der Waals surface area contributed by atoms with Gasteiger partial charge in [-0.25, -0.2) is 4.98 Å². The van der Waals surface area contributed by atoms with Gasteiger partial charge in [-0.15, -0.1) is 11.3 Å². The summed E-state index contributed by atoms with van der Waals surface area (Å²) in [7, 11) is 1.57.